The predicted molar refractivity (Wildman–Crippen MR) is 141 cm³/mol. The molecule has 1 aromatic heterocycles. The lowest BCUT2D eigenvalue weighted by Crippen LogP contribution is -2.65. The van der Waals surface area contributed by atoms with Crippen molar-refractivity contribution in [2.24, 2.45) is 0 Å². The second kappa shape index (κ2) is 10.7. The molecule has 35 heavy (non-hydrogen) atoms. The first-order chi connectivity index (χ1) is 17.1. The summed E-state index contributed by atoms with van der Waals surface area (Å²) in [6.07, 6.45) is 13.0. The van der Waals surface area contributed by atoms with Crippen molar-refractivity contribution < 1.29 is 9.59 Å². The lowest BCUT2D eigenvalue weighted by Gasteiger charge is -2.45. The van der Waals surface area contributed by atoms with E-state index in [1.807, 2.05) is 30.0 Å². The minimum atomic E-state index is -0.893. The number of carbonyl (C=O) groups excluding carboxylic acids is 2. The number of rotatable bonds is 6. The van der Waals surface area contributed by atoms with Crippen LogP contribution < -0.4 is 5.32 Å². The van der Waals surface area contributed by atoms with E-state index in [0.29, 0.717) is 18.8 Å². The molecule has 2 fully saturated rings. The van der Waals surface area contributed by atoms with Gasteiger partial charge >= 0.3 is 0 Å². The minimum absolute atomic E-state index is 0.0119. The molecule has 6 nitrogen and oxygen atoms in total. The molecule has 1 saturated heterocycles. The van der Waals surface area contributed by atoms with Gasteiger partial charge in [0.25, 0.3) is 5.91 Å². The summed E-state index contributed by atoms with van der Waals surface area (Å²) >= 11 is 0. The number of hydrogen-bond donors (Lipinski definition) is 1. The van der Waals surface area contributed by atoms with Crippen molar-refractivity contribution in [2.75, 3.05) is 26.2 Å². The maximum atomic E-state index is 13.9. The zero-order valence-electron chi connectivity index (χ0n) is 21.4. The fourth-order valence-electron chi connectivity index (χ4n) is 6.43. The molecular weight excluding hydrogens is 436 g/mol. The second-order valence-corrected chi connectivity index (χ2v) is 11.2. The molecule has 1 aromatic carbocycles. The Labute approximate surface area is 210 Å². The SMILES string of the molecule is CC1(C(=O)NC2CCCCCCC2)Cn2c(cc3ccccc32)C(=O)N1CCCN1CCCCC1. The molecule has 3 heterocycles. The van der Waals surface area contributed by atoms with Crippen molar-refractivity contribution in [3.8, 4) is 0 Å². The number of para-hydroxylation sites is 1. The van der Waals surface area contributed by atoms with Gasteiger partial charge in [0.15, 0.2) is 0 Å². The molecule has 2 amide bonds. The van der Waals surface area contributed by atoms with Gasteiger partial charge in [0.2, 0.25) is 5.91 Å². The van der Waals surface area contributed by atoms with Crippen LogP contribution in [0.3, 0.4) is 0 Å². The van der Waals surface area contributed by atoms with E-state index in [1.54, 1.807) is 0 Å². The van der Waals surface area contributed by atoms with Gasteiger partial charge in [0.1, 0.15) is 11.2 Å². The Morgan fingerprint density at radius 3 is 2.43 bits per heavy atom. The van der Waals surface area contributed by atoms with E-state index in [9.17, 15) is 9.59 Å². The van der Waals surface area contributed by atoms with Crippen molar-refractivity contribution in [2.45, 2.75) is 95.7 Å². The van der Waals surface area contributed by atoms with E-state index in [0.717, 1.165) is 49.8 Å². The van der Waals surface area contributed by atoms with Crippen molar-refractivity contribution in [3.05, 3.63) is 36.0 Å². The van der Waals surface area contributed by atoms with Crippen LogP contribution >= 0.6 is 0 Å². The summed E-state index contributed by atoms with van der Waals surface area (Å²) in [5.74, 6) is -0.000706. The Hall–Kier alpha value is -2.34. The molecule has 1 aliphatic carbocycles. The molecule has 1 N–H and O–H groups in total. The second-order valence-electron chi connectivity index (χ2n) is 11.2. The van der Waals surface area contributed by atoms with E-state index in [1.165, 1.54) is 51.4 Å². The van der Waals surface area contributed by atoms with Gasteiger partial charge in [-0.2, -0.15) is 0 Å². The van der Waals surface area contributed by atoms with Crippen molar-refractivity contribution in [1.82, 2.24) is 19.7 Å². The van der Waals surface area contributed by atoms with Crippen LogP contribution in [0, 0.1) is 0 Å². The van der Waals surface area contributed by atoms with Crippen LogP contribution in [0.1, 0.15) is 88.0 Å². The quantitative estimate of drug-likeness (QED) is 0.638. The van der Waals surface area contributed by atoms with Gasteiger partial charge in [-0.15, -0.1) is 0 Å². The normalized spacial score (nSPS) is 24.7. The Morgan fingerprint density at radius 2 is 1.66 bits per heavy atom. The third-order valence-corrected chi connectivity index (χ3v) is 8.57. The van der Waals surface area contributed by atoms with Gasteiger partial charge in [0, 0.05) is 23.5 Å². The van der Waals surface area contributed by atoms with Crippen LogP contribution in [-0.2, 0) is 11.3 Å². The fraction of sp³-hybridized carbons (Fsp3) is 0.655. The number of fused-ring (bicyclic) bond motifs is 3. The lowest BCUT2D eigenvalue weighted by atomic mass is 9.92. The van der Waals surface area contributed by atoms with Gasteiger partial charge in [-0.1, -0.05) is 56.7 Å². The van der Waals surface area contributed by atoms with E-state index in [4.69, 9.17) is 0 Å². The average Bonchev–Trinajstić information content (AvgIpc) is 3.22. The van der Waals surface area contributed by atoms with E-state index < -0.39 is 5.54 Å². The van der Waals surface area contributed by atoms with E-state index in [2.05, 4.69) is 26.9 Å². The first-order valence-electron chi connectivity index (χ1n) is 14.0. The highest BCUT2D eigenvalue weighted by Gasteiger charge is 2.47. The van der Waals surface area contributed by atoms with Gasteiger partial charge in [-0.25, -0.2) is 0 Å². The molecule has 2 aliphatic heterocycles. The molecule has 3 aliphatic rings. The number of aromatic nitrogens is 1. The number of nitrogens with one attached hydrogen (secondary N) is 1. The average molecular weight is 479 g/mol. The maximum absolute atomic E-state index is 13.9. The molecule has 6 heteroatoms. The van der Waals surface area contributed by atoms with Gasteiger partial charge in [0.05, 0.1) is 6.54 Å². The van der Waals surface area contributed by atoms with Gasteiger partial charge < -0.3 is 19.7 Å². The number of piperidine rings is 1. The zero-order valence-corrected chi connectivity index (χ0v) is 21.4. The number of hydrogen-bond acceptors (Lipinski definition) is 3. The van der Waals surface area contributed by atoms with E-state index >= 15 is 0 Å². The number of likely N-dealkylation sites (tertiary alicyclic amines) is 1. The first kappa shape index (κ1) is 24.4. The molecule has 0 spiro atoms. The minimum Gasteiger partial charge on any atom is -0.351 e. The molecule has 1 atom stereocenters. The number of nitrogens with zero attached hydrogens (tertiary/aromatic N) is 3. The number of amides is 2. The van der Waals surface area contributed by atoms with Crippen molar-refractivity contribution in [1.29, 1.82) is 0 Å². The van der Waals surface area contributed by atoms with Crippen LogP contribution in [0.4, 0.5) is 0 Å². The predicted octanol–water partition coefficient (Wildman–Crippen LogP) is 4.96. The standard InChI is InChI=1S/C29H42N4O2/c1-29(28(35)30-24-14-6-3-2-4-7-15-24)22-32-25-16-9-8-13-23(25)21-26(32)27(34)33(29)20-12-19-31-17-10-5-11-18-31/h8-9,13,16,21,24H,2-7,10-12,14-15,17-20,22H2,1H3,(H,30,35). The van der Waals surface area contributed by atoms with Crippen LogP contribution in [-0.4, -0.2) is 63.9 Å². The van der Waals surface area contributed by atoms with Crippen LogP contribution in [0.15, 0.2) is 30.3 Å². The van der Waals surface area contributed by atoms with Crippen molar-refractivity contribution in [3.63, 3.8) is 0 Å². The highest BCUT2D eigenvalue weighted by molar-refractivity contribution is 6.03. The molecule has 0 bridgehead atoms. The topological polar surface area (TPSA) is 57.6 Å². The summed E-state index contributed by atoms with van der Waals surface area (Å²) in [7, 11) is 0. The maximum Gasteiger partial charge on any atom is 0.271 e. The largest absolute Gasteiger partial charge is 0.351 e. The highest BCUT2D eigenvalue weighted by Crippen LogP contribution is 2.33. The van der Waals surface area contributed by atoms with Crippen LogP contribution in [0.2, 0.25) is 0 Å². The third kappa shape index (κ3) is 5.13. The molecule has 2 aromatic rings. The summed E-state index contributed by atoms with van der Waals surface area (Å²) in [6.45, 7) is 6.41. The Kier molecular flexibility index (Phi) is 7.47. The molecular formula is C29H42N4O2. The summed E-state index contributed by atoms with van der Waals surface area (Å²) in [4.78, 5) is 32.2. The highest BCUT2D eigenvalue weighted by atomic mass is 16.2. The lowest BCUT2D eigenvalue weighted by molar-refractivity contribution is -0.133. The number of carbonyl (C=O) groups is 2. The Morgan fingerprint density at radius 1 is 0.971 bits per heavy atom. The molecule has 0 radical (unpaired) electrons. The fourth-order valence-corrected chi connectivity index (χ4v) is 6.43. The zero-order chi connectivity index (χ0) is 24.3. The van der Waals surface area contributed by atoms with Crippen molar-refractivity contribution >= 4 is 22.7 Å². The summed E-state index contributed by atoms with van der Waals surface area (Å²) in [6, 6.07) is 10.4. The first-order valence-corrected chi connectivity index (χ1v) is 14.0. The summed E-state index contributed by atoms with van der Waals surface area (Å²) < 4.78 is 2.08. The Bertz CT molecular complexity index is 1030. The molecule has 1 unspecified atom stereocenters. The third-order valence-electron chi connectivity index (χ3n) is 8.57. The summed E-state index contributed by atoms with van der Waals surface area (Å²) in [5, 5.41) is 4.47. The van der Waals surface area contributed by atoms with E-state index in [-0.39, 0.29) is 17.9 Å². The smallest absolute Gasteiger partial charge is 0.271 e. The van der Waals surface area contributed by atoms with Gasteiger partial charge in [-0.05, 0) is 70.8 Å². The Balaban J connectivity index is 1.39. The monoisotopic (exact) mass is 478 g/mol. The summed E-state index contributed by atoms with van der Waals surface area (Å²) in [5.41, 5.74) is 0.852. The van der Waals surface area contributed by atoms with Crippen LogP contribution in [0.25, 0.3) is 10.9 Å². The van der Waals surface area contributed by atoms with Gasteiger partial charge in [-0.3, -0.25) is 9.59 Å². The molecule has 5 rings (SSSR count). The number of benzene rings is 1. The van der Waals surface area contributed by atoms with Crippen LogP contribution in [0.5, 0.6) is 0 Å². The molecule has 190 valence electrons. The molecule has 1 saturated carbocycles.